The minimum atomic E-state index is -0.624. The molecular formula is C41H59NO4. The molecule has 5 nitrogen and oxygen atoms in total. The molecule has 1 aromatic carbocycles. The predicted octanol–water partition coefficient (Wildman–Crippen LogP) is 9.04. The van der Waals surface area contributed by atoms with Gasteiger partial charge in [-0.2, -0.15) is 0 Å². The highest BCUT2D eigenvalue weighted by molar-refractivity contribution is 6.05. The lowest BCUT2D eigenvalue weighted by Crippen LogP contribution is -2.55. The lowest BCUT2D eigenvalue weighted by Gasteiger charge is -2.54. The maximum absolute atomic E-state index is 14.8. The van der Waals surface area contributed by atoms with Gasteiger partial charge >= 0.3 is 0 Å². The second-order valence-electron chi connectivity index (χ2n) is 16.6. The molecule has 1 spiro atoms. The third-order valence-corrected chi connectivity index (χ3v) is 13.4. The summed E-state index contributed by atoms with van der Waals surface area (Å²) in [5.74, 6) is 1.88. The molecule has 3 heterocycles. The smallest absolute Gasteiger partial charge is 0.231 e. The van der Waals surface area contributed by atoms with E-state index in [0.717, 1.165) is 37.7 Å². The molecular weight excluding hydrogens is 570 g/mol. The normalized spacial score (nSPS) is 42.9. The van der Waals surface area contributed by atoms with Crippen LogP contribution in [0.5, 0.6) is 0 Å². The predicted molar refractivity (Wildman–Crippen MR) is 184 cm³/mol. The van der Waals surface area contributed by atoms with Gasteiger partial charge in [0.2, 0.25) is 5.91 Å². The van der Waals surface area contributed by atoms with Crippen molar-refractivity contribution in [2.45, 2.75) is 126 Å². The molecule has 5 heteroatoms. The molecule has 5 aliphatic rings. The first-order chi connectivity index (χ1) is 21.7. The van der Waals surface area contributed by atoms with E-state index in [1.54, 1.807) is 0 Å². The van der Waals surface area contributed by atoms with Crippen LogP contribution in [0.15, 0.2) is 41.1 Å². The molecule has 3 aliphatic heterocycles. The van der Waals surface area contributed by atoms with Crippen LogP contribution in [0.3, 0.4) is 0 Å². The number of fused-ring (bicyclic) bond motifs is 1. The van der Waals surface area contributed by atoms with Crippen molar-refractivity contribution in [3.05, 3.63) is 57.8 Å². The fourth-order valence-electron chi connectivity index (χ4n) is 10.2. The van der Waals surface area contributed by atoms with E-state index >= 15 is 0 Å². The first kappa shape index (κ1) is 33.7. The second kappa shape index (κ2) is 12.7. The lowest BCUT2D eigenvalue weighted by molar-refractivity contribution is -0.356. The number of carbonyl (C=O) groups is 2. The van der Waals surface area contributed by atoms with Crippen LogP contribution in [0.1, 0.15) is 117 Å². The molecule has 6 rings (SSSR count). The largest absolute Gasteiger partial charge is 0.346 e. The maximum atomic E-state index is 14.8. The van der Waals surface area contributed by atoms with Gasteiger partial charge in [0.25, 0.3) is 0 Å². The number of rotatable bonds is 5. The third kappa shape index (κ3) is 5.87. The van der Waals surface area contributed by atoms with Crippen molar-refractivity contribution in [2.24, 2.45) is 59.2 Å². The Hall–Kier alpha value is -2.24. The summed E-state index contributed by atoms with van der Waals surface area (Å²) in [5.41, 5.74) is 6.59. The van der Waals surface area contributed by atoms with Gasteiger partial charge in [0, 0.05) is 18.3 Å². The topological polar surface area (TPSA) is 64.6 Å². The molecule has 0 aromatic heterocycles. The van der Waals surface area contributed by atoms with Crippen LogP contribution in [-0.4, -0.2) is 23.6 Å². The molecule has 46 heavy (non-hydrogen) atoms. The number of benzene rings is 1. The van der Waals surface area contributed by atoms with Gasteiger partial charge in [-0.3, -0.25) is 9.59 Å². The first-order valence-electron chi connectivity index (χ1n) is 18.4. The molecule has 13 atom stereocenters. The number of ketones is 1. The summed E-state index contributed by atoms with van der Waals surface area (Å²) in [4.78, 5) is 27.5. The van der Waals surface area contributed by atoms with Gasteiger partial charge in [-0.25, -0.2) is 0 Å². The summed E-state index contributed by atoms with van der Waals surface area (Å²) in [7, 11) is 0. The number of ether oxygens (including phenoxy) is 2. The Morgan fingerprint density at radius 1 is 0.891 bits per heavy atom. The number of nitrogens with one attached hydrogen (secondary N) is 1. The molecule has 13 unspecified atom stereocenters. The van der Waals surface area contributed by atoms with Crippen molar-refractivity contribution in [2.75, 3.05) is 0 Å². The zero-order chi connectivity index (χ0) is 33.2. The number of amides is 1. The van der Waals surface area contributed by atoms with E-state index in [1.807, 2.05) is 13.8 Å². The highest BCUT2D eigenvalue weighted by atomic mass is 16.7. The monoisotopic (exact) mass is 629 g/mol. The van der Waals surface area contributed by atoms with Crippen molar-refractivity contribution in [1.29, 1.82) is 0 Å². The maximum Gasteiger partial charge on any atom is 0.231 e. The summed E-state index contributed by atoms with van der Waals surface area (Å²) in [6.07, 6.45) is 8.66. The number of hydrogen-bond acceptors (Lipinski definition) is 4. The molecule has 2 saturated heterocycles. The Balaban J connectivity index is 1.33. The summed E-state index contributed by atoms with van der Waals surface area (Å²) < 4.78 is 14.5. The minimum Gasteiger partial charge on any atom is -0.346 e. The Kier molecular flexibility index (Phi) is 9.26. The Bertz CT molecular complexity index is 1400. The molecule has 252 valence electrons. The van der Waals surface area contributed by atoms with Gasteiger partial charge in [0.15, 0.2) is 11.6 Å². The number of aryl methyl sites for hydroxylation is 2. The van der Waals surface area contributed by atoms with E-state index in [1.165, 1.54) is 28.7 Å². The summed E-state index contributed by atoms with van der Waals surface area (Å²) in [5, 5.41) is 3.02. The Labute approximate surface area is 278 Å². The van der Waals surface area contributed by atoms with Crippen LogP contribution in [0, 0.1) is 73.0 Å². The molecule has 0 radical (unpaired) electrons. The van der Waals surface area contributed by atoms with Gasteiger partial charge < -0.3 is 14.8 Å². The quantitative estimate of drug-likeness (QED) is 0.330. The van der Waals surface area contributed by atoms with Crippen LogP contribution < -0.4 is 5.32 Å². The molecule has 3 fully saturated rings. The van der Waals surface area contributed by atoms with E-state index < -0.39 is 5.79 Å². The van der Waals surface area contributed by atoms with E-state index in [0.29, 0.717) is 35.3 Å². The second-order valence-corrected chi connectivity index (χ2v) is 16.6. The van der Waals surface area contributed by atoms with Gasteiger partial charge in [-0.05, 0) is 119 Å². The van der Waals surface area contributed by atoms with Gasteiger partial charge in [0.05, 0.1) is 23.8 Å². The minimum absolute atomic E-state index is 0.00251. The standard InChI is InChI=1S/C41H59NO4/c1-21-15-22(2)17-32(16-21)39-24(4)13-14-41(46-39)27(7)18-26(6)34(45-41)20-33-25(5)19-31-12-11-23(3)28(8)35(31)36(33)38(43)37-29(9)30(10)40(44)42-37/h15-17,19,23-24,26-28,30-31,33-36,39H,11-14,18,20H2,1-10H3,(H,42,44). The SMILES string of the molecule is CC1=CC2CCC(C)C(C)C2C(C(=O)C2=C(C)C(C)C(=O)N2)C1CC1OC2(CCC(C)C(c3cc(C)cc(C)c3)O2)C(C)CC1C. The van der Waals surface area contributed by atoms with E-state index in [-0.39, 0.29) is 53.5 Å². The molecule has 0 bridgehead atoms. The van der Waals surface area contributed by atoms with Crippen LogP contribution in [0.25, 0.3) is 0 Å². The fourth-order valence-corrected chi connectivity index (χ4v) is 10.2. The van der Waals surface area contributed by atoms with E-state index in [2.05, 4.69) is 85.0 Å². The fraction of sp³-hybridized carbons (Fsp3) is 0.707. The van der Waals surface area contributed by atoms with Crippen LogP contribution in [0.2, 0.25) is 0 Å². The summed E-state index contributed by atoms with van der Waals surface area (Å²) >= 11 is 0. The first-order valence-corrected chi connectivity index (χ1v) is 18.4. The average Bonchev–Trinajstić information content (AvgIpc) is 3.25. The summed E-state index contributed by atoms with van der Waals surface area (Å²) in [6.45, 7) is 22.2. The Morgan fingerprint density at radius 3 is 2.24 bits per heavy atom. The summed E-state index contributed by atoms with van der Waals surface area (Å²) in [6, 6.07) is 6.81. The molecule has 1 saturated carbocycles. The van der Waals surface area contributed by atoms with Crippen molar-refractivity contribution in [3.8, 4) is 0 Å². The highest BCUT2D eigenvalue weighted by Crippen LogP contribution is 2.55. The number of Topliss-reactive ketones (excluding diaryl/α,β-unsaturated/α-hetero) is 1. The highest BCUT2D eigenvalue weighted by Gasteiger charge is 2.54. The number of allylic oxidation sites excluding steroid dienone is 3. The van der Waals surface area contributed by atoms with Gasteiger partial charge in [0.1, 0.15) is 0 Å². The van der Waals surface area contributed by atoms with Crippen LogP contribution >= 0.6 is 0 Å². The molecule has 1 N–H and O–H groups in total. The van der Waals surface area contributed by atoms with Crippen LogP contribution in [-0.2, 0) is 19.1 Å². The average molecular weight is 630 g/mol. The van der Waals surface area contributed by atoms with Crippen molar-refractivity contribution in [1.82, 2.24) is 5.32 Å². The number of carbonyl (C=O) groups excluding carboxylic acids is 2. The Morgan fingerprint density at radius 2 is 1.59 bits per heavy atom. The lowest BCUT2D eigenvalue weighted by atomic mass is 9.54. The van der Waals surface area contributed by atoms with E-state index in [9.17, 15) is 9.59 Å². The van der Waals surface area contributed by atoms with Gasteiger partial charge in [-0.15, -0.1) is 0 Å². The molecule has 2 aliphatic carbocycles. The molecule has 1 aromatic rings. The zero-order valence-corrected chi connectivity index (χ0v) is 30.1. The third-order valence-electron chi connectivity index (χ3n) is 13.4. The van der Waals surface area contributed by atoms with Crippen LogP contribution in [0.4, 0.5) is 0 Å². The molecule has 1 amide bonds. The number of hydrogen-bond donors (Lipinski definition) is 1. The zero-order valence-electron chi connectivity index (χ0n) is 30.1. The van der Waals surface area contributed by atoms with Crippen molar-refractivity contribution >= 4 is 11.7 Å². The van der Waals surface area contributed by atoms with E-state index in [4.69, 9.17) is 9.47 Å². The van der Waals surface area contributed by atoms with Crippen molar-refractivity contribution in [3.63, 3.8) is 0 Å². The van der Waals surface area contributed by atoms with Crippen molar-refractivity contribution < 1.29 is 19.1 Å². The van der Waals surface area contributed by atoms with Gasteiger partial charge in [-0.1, -0.05) is 75.6 Å².